The molecule has 1 fully saturated rings. The lowest BCUT2D eigenvalue weighted by Gasteiger charge is -2.35. The number of nitrogens with zero attached hydrogens (tertiary/aromatic N) is 5. The zero-order valence-corrected chi connectivity index (χ0v) is 15.5. The van der Waals surface area contributed by atoms with Crippen molar-refractivity contribution in [2.45, 2.75) is 13.8 Å². The summed E-state index contributed by atoms with van der Waals surface area (Å²) in [5, 5.41) is 5.92. The topological polar surface area (TPSA) is 75.4 Å². The molecule has 0 radical (unpaired) electrons. The van der Waals surface area contributed by atoms with Crippen molar-refractivity contribution in [1.82, 2.24) is 20.0 Å². The minimum Gasteiger partial charge on any atom is -0.353 e. The monoisotopic (exact) mass is 369 g/mol. The summed E-state index contributed by atoms with van der Waals surface area (Å²) in [6.45, 7) is 6.70. The van der Waals surface area contributed by atoms with E-state index in [2.05, 4.69) is 20.0 Å². The normalized spacial score (nSPS) is 14.7. The zero-order valence-electron chi connectivity index (χ0n) is 14.7. The van der Waals surface area contributed by atoms with Gasteiger partial charge in [-0.2, -0.15) is 4.98 Å². The number of anilines is 1. The molecule has 1 aliphatic heterocycles. The molecular formula is C18H19N5O2S. The molecule has 7 nitrogen and oxygen atoms in total. The van der Waals surface area contributed by atoms with E-state index in [9.17, 15) is 4.79 Å². The van der Waals surface area contributed by atoms with Gasteiger partial charge in [0.1, 0.15) is 5.82 Å². The number of aromatic nitrogens is 3. The fraction of sp³-hybridized carbons (Fsp3) is 0.333. The molecule has 4 heterocycles. The van der Waals surface area contributed by atoms with Gasteiger partial charge < -0.3 is 14.3 Å². The third-order valence-electron chi connectivity index (χ3n) is 4.37. The first-order valence-electron chi connectivity index (χ1n) is 8.46. The highest BCUT2D eigenvalue weighted by Gasteiger charge is 2.23. The van der Waals surface area contributed by atoms with Crippen molar-refractivity contribution in [1.29, 1.82) is 0 Å². The average Bonchev–Trinajstić information content (AvgIpc) is 3.30. The first kappa shape index (κ1) is 16.7. The van der Waals surface area contributed by atoms with Crippen LogP contribution in [0.2, 0.25) is 0 Å². The number of hydrogen-bond donors (Lipinski definition) is 0. The molecule has 0 unspecified atom stereocenters. The minimum atomic E-state index is 0.124. The summed E-state index contributed by atoms with van der Waals surface area (Å²) >= 11 is 1.51. The van der Waals surface area contributed by atoms with E-state index in [1.54, 1.807) is 13.1 Å². The maximum Gasteiger partial charge on any atom is 0.264 e. The van der Waals surface area contributed by atoms with Crippen LogP contribution >= 0.6 is 11.3 Å². The summed E-state index contributed by atoms with van der Waals surface area (Å²) in [4.78, 5) is 26.2. The predicted octanol–water partition coefficient (Wildman–Crippen LogP) is 2.77. The second kappa shape index (κ2) is 6.87. The van der Waals surface area contributed by atoms with Gasteiger partial charge in [-0.3, -0.25) is 4.79 Å². The van der Waals surface area contributed by atoms with Gasteiger partial charge >= 0.3 is 0 Å². The number of piperazine rings is 1. The minimum absolute atomic E-state index is 0.124. The molecule has 0 N–H and O–H groups in total. The lowest BCUT2D eigenvalue weighted by Crippen LogP contribution is -2.48. The van der Waals surface area contributed by atoms with Crippen LogP contribution in [0.5, 0.6) is 0 Å². The molecule has 26 heavy (non-hydrogen) atoms. The highest BCUT2D eigenvalue weighted by atomic mass is 32.1. The Bertz CT molecular complexity index is 910. The van der Waals surface area contributed by atoms with E-state index in [0.717, 1.165) is 34.9 Å². The Hall–Kier alpha value is -2.74. The Morgan fingerprint density at radius 3 is 2.58 bits per heavy atom. The lowest BCUT2D eigenvalue weighted by molar-refractivity contribution is 0.0751. The predicted molar refractivity (Wildman–Crippen MR) is 99.4 cm³/mol. The molecule has 8 heteroatoms. The van der Waals surface area contributed by atoms with Gasteiger partial charge in [-0.05, 0) is 36.1 Å². The maximum absolute atomic E-state index is 12.5. The van der Waals surface area contributed by atoms with Crippen molar-refractivity contribution >= 4 is 23.1 Å². The number of hydrogen-bond acceptors (Lipinski definition) is 7. The fourth-order valence-corrected chi connectivity index (χ4v) is 3.82. The van der Waals surface area contributed by atoms with E-state index < -0.39 is 0 Å². The molecule has 1 saturated heterocycles. The summed E-state index contributed by atoms with van der Waals surface area (Å²) in [7, 11) is 0. The molecule has 1 aliphatic rings. The van der Waals surface area contributed by atoms with Crippen molar-refractivity contribution in [2.75, 3.05) is 31.1 Å². The first-order chi connectivity index (χ1) is 12.6. The van der Waals surface area contributed by atoms with E-state index in [1.165, 1.54) is 11.3 Å². The molecule has 0 aliphatic carbocycles. The molecule has 0 atom stereocenters. The van der Waals surface area contributed by atoms with E-state index in [4.69, 9.17) is 4.52 Å². The quantitative estimate of drug-likeness (QED) is 0.707. The number of thiophene rings is 1. The van der Waals surface area contributed by atoms with Crippen molar-refractivity contribution in [2.24, 2.45) is 0 Å². The van der Waals surface area contributed by atoms with Gasteiger partial charge in [0, 0.05) is 44.9 Å². The summed E-state index contributed by atoms with van der Waals surface area (Å²) in [6.07, 6.45) is 1.76. The van der Waals surface area contributed by atoms with E-state index in [-0.39, 0.29) is 5.91 Å². The van der Waals surface area contributed by atoms with Crippen LogP contribution in [0.15, 0.2) is 34.3 Å². The third kappa shape index (κ3) is 3.32. The van der Waals surface area contributed by atoms with Gasteiger partial charge in [0.05, 0.1) is 4.88 Å². The lowest BCUT2D eigenvalue weighted by atomic mass is 10.2. The Morgan fingerprint density at radius 1 is 1.19 bits per heavy atom. The molecule has 134 valence electrons. The van der Waals surface area contributed by atoms with Crippen LogP contribution in [-0.2, 0) is 0 Å². The van der Waals surface area contributed by atoms with Gasteiger partial charge in [0.2, 0.25) is 11.7 Å². The van der Waals surface area contributed by atoms with Crippen molar-refractivity contribution in [3.8, 4) is 11.4 Å². The van der Waals surface area contributed by atoms with Gasteiger partial charge in [0.15, 0.2) is 0 Å². The number of carbonyl (C=O) groups excluding carboxylic acids is 1. The molecular weight excluding hydrogens is 350 g/mol. The van der Waals surface area contributed by atoms with Crippen LogP contribution in [0.4, 0.5) is 5.82 Å². The molecule has 0 bridgehead atoms. The molecule has 1 amide bonds. The SMILES string of the molecule is Cc1csc(C(=O)N2CCN(c3ccc(-c4noc(C)n4)cn3)CC2)c1. The Balaban J connectivity index is 1.39. The molecule has 0 saturated carbocycles. The van der Waals surface area contributed by atoms with Gasteiger partial charge in [-0.25, -0.2) is 4.98 Å². The second-order valence-corrected chi connectivity index (χ2v) is 7.22. The summed E-state index contributed by atoms with van der Waals surface area (Å²) in [6, 6.07) is 5.86. The van der Waals surface area contributed by atoms with E-state index in [1.807, 2.05) is 35.4 Å². The Kier molecular flexibility index (Phi) is 4.42. The molecule has 0 aromatic carbocycles. The average molecular weight is 369 g/mol. The van der Waals surface area contributed by atoms with Gasteiger partial charge in [-0.15, -0.1) is 11.3 Å². The maximum atomic E-state index is 12.5. The summed E-state index contributed by atoms with van der Waals surface area (Å²) in [5.41, 5.74) is 1.96. The highest BCUT2D eigenvalue weighted by Crippen LogP contribution is 2.21. The van der Waals surface area contributed by atoms with Crippen molar-refractivity contribution < 1.29 is 9.32 Å². The second-order valence-electron chi connectivity index (χ2n) is 6.31. The third-order valence-corrected chi connectivity index (χ3v) is 5.40. The van der Waals surface area contributed by atoms with Crippen LogP contribution in [0, 0.1) is 13.8 Å². The number of carbonyl (C=O) groups is 1. The summed E-state index contributed by atoms with van der Waals surface area (Å²) in [5.74, 6) is 2.10. The smallest absolute Gasteiger partial charge is 0.264 e. The van der Waals surface area contributed by atoms with Crippen LogP contribution in [0.3, 0.4) is 0 Å². The zero-order chi connectivity index (χ0) is 18.1. The molecule has 0 spiro atoms. The molecule has 3 aromatic rings. The Morgan fingerprint density at radius 2 is 2.00 bits per heavy atom. The molecule has 3 aromatic heterocycles. The first-order valence-corrected chi connectivity index (χ1v) is 9.34. The van der Waals surface area contributed by atoms with Crippen LogP contribution in [0.1, 0.15) is 21.1 Å². The number of aryl methyl sites for hydroxylation is 2. The Labute approximate surface area is 155 Å². The van der Waals surface area contributed by atoms with Crippen molar-refractivity contribution in [3.05, 3.63) is 46.1 Å². The van der Waals surface area contributed by atoms with E-state index >= 15 is 0 Å². The number of rotatable bonds is 3. The van der Waals surface area contributed by atoms with Crippen molar-refractivity contribution in [3.63, 3.8) is 0 Å². The van der Waals surface area contributed by atoms with Gasteiger partial charge in [-0.1, -0.05) is 5.16 Å². The number of pyridine rings is 1. The fourth-order valence-electron chi connectivity index (χ4n) is 2.96. The van der Waals surface area contributed by atoms with E-state index in [0.29, 0.717) is 24.8 Å². The van der Waals surface area contributed by atoms with Crippen LogP contribution in [0.25, 0.3) is 11.4 Å². The standard InChI is InChI=1S/C18H19N5O2S/c1-12-9-15(26-11-12)18(24)23-7-5-22(6-8-23)16-4-3-14(10-19-16)17-20-13(2)25-21-17/h3-4,9-11H,5-8H2,1-2H3. The molecule has 4 rings (SSSR count). The highest BCUT2D eigenvalue weighted by molar-refractivity contribution is 7.12. The largest absolute Gasteiger partial charge is 0.353 e. The number of amides is 1. The van der Waals surface area contributed by atoms with Crippen LogP contribution in [-0.4, -0.2) is 52.1 Å². The summed E-state index contributed by atoms with van der Waals surface area (Å²) < 4.78 is 5.00. The van der Waals surface area contributed by atoms with Crippen LogP contribution < -0.4 is 4.90 Å². The van der Waals surface area contributed by atoms with Gasteiger partial charge in [0.25, 0.3) is 5.91 Å².